The number of halogens is 1. The number of phenolic OH excluding ortho intramolecular Hbond substituents is 1. The normalized spacial score (nSPS) is 15.5. The number of aromatic nitrogens is 1. The molecule has 1 heterocycles. The predicted octanol–water partition coefficient (Wildman–Crippen LogP) is 5.29. The number of benzene rings is 2. The molecule has 8 heteroatoms. The average Bonchev–Trinajstić information content (AvgIpc) is 2.79. The number of carbonyl (C=O) groups is 1. The summed E-state index contributed by atoms with van der Waals surface area (Å²) in [4.78, 5) is 28.4. The molecule has 2 aromatic carbocycles. The van der Waals surface area contributed by atoms with Crippen molar-refractivity contribution < 1.29 is 14.8 Å². The molecule has 1 aliphatic carbocycles. The second-order valence-electron chi connectivity index (χ2n) is 7.82. The van der Waals surface area contributed by atoms with E-state index in [9.17, 15) is 20.0 Å². The number of carbonyl (C=O) groups excluding carboxylic acids is 1. The molecule has 4 rings (SSSR count). The van der Waals surface area contributed by atoms with Crippen LogP contribution < -0.4 is 5.32 Å². The highest BCUT2D eigenvalue weighted by Gasteiger charge is 2.29. The van der Waals surface area contributed by atoms with Gasteiger partial charge in [0.15, 0.2) is 0 Å². The molecule has 31 heavy (non-hydrogen) atoms. The van der Waals surface area contributed by atoms with Crippen LogP contribution in [0.25, 0.3) is 10.9 Å². The molecule has 0 aliphatic heterocycles. The van der Waals surface area contributed by atoms with Crippen LogP contribution in [0, 0.1) is 16.0 Å². The molecule has 0 spiro atoms. The molecular weight excluding hydrogens is 418 g/mol. The second kappa shape index (κ2) is 8.89. The highest BCUT2D eigenvalue weighted by atomic mass is 35.5. The maximum atomic E-state index is 13.0. The zero-order valence-corrected chi connectivity index (χ0v) is 17.5. The molecule has 1 aromatic heterocycles. The minimum absolute atomic E-state index is 0.112. The number of hydrogen-bond donors (Lipinski definition) is 2. The minimum Gasteiger partial charge on any atom is -0.505 e. The third-order valence-electron chi connectivity index (χ3n) is 5.85. The van der Waals surface area contributed by atoms with Crippen molar-refractivity contribution in [3.8, 4) is 5.75 Å². The van der Waals surface area contributed by atoms with Crippen molar-refractivity contribution in [2.24, 2.45) is 5.92 Å². The van der Waals surface area contributed by atoms with Crippen LogP contribution in [-0.2, 0) is 4.79 Å². The highest BCUT2D eigenvalue weighted by Crippen LogP contribution is 2.40. The van der Waals surface area contributed by atoms with Gasteiger partial charge < -0.3 is 10.4 Å². The first-order chi connectivity index (χ1) is 15.0. The number of pyridine rings is 1. The van der Waals surface area contributed by atoms with Gasteiger partial charge >= 0.3 is 0 Å². The Morgan fingerprint density at radius 3 is 2.58 bits per heavy atom. The first-order valence-corrected chi connectivity index (χ1v) is 10.6. The van der Waals surface area contributed by atoms with E-state index < -0.39 is 11.0 Å². The molecule has 3 aromatic rings. The number of nitro benzene ring substituents is 1. The summed E-state index contributed by atoms with van der Waals surface area (Å²) in [6, 6.07) is 10.5. The molecule has 2 N–H and O–H groups in total. The topological polar surface area (TPSA) is 105 Å². The molecule has 0 unspecified atom stereocenters. The number of non-ortho nitro benzene ring substituents is 1. The number of hydrogen-bond acceptors (Lipinski definition) is 5. The molecule has 0 saturated heterocycles. The lowest BCUT2D eigenvalue weighted by atomic mass is 9.87. The quantitative estimate of drug-likeness (QED) is 0.415. The van der Waals surface area contributed by atoms with Gasteiger partial charge in [0, 0.05) is 28.8 Å². The van der Waals surface area contributed by atoms with Crippen molar-refractivity contribution >= 4 is 34.1 Å². The summed E-state index contributed by atoms with van der Waals surface area (Å²) in [6.45, 7) is 0. The SMILES string of the molecule is O=C(N[C@H](c1ccc(Cl)cc1)c1cc([N+](=O)[O-])c2cccnc2c1O)C1CCCCC1. The van der Waals surface area contributed by atoms with Gasteiger partial charge in [-0.25, -0.2) is 0 Å². The van der Waals surface area contributed by atoms with E-state index in [0.29, 0.717) is 10.6 Å². The molecule has 1 saturated carbocycles. The fraction of sp³-hybridized carbons (Fsp3) is 0.304. The number of phenols is 1. The lowest BCUT2D eigenvalue weighted by Crippen LogP contribution is -2.35. The van der Waals surface area contributed by atoms with E-state index >= 15 is 0 Å². The van der Waals surface area contributed by atoms with Gasteiger partial charge in [0.2, 0.25) is 5.91 Å². The van der Waals surface area contributed by atoms with Gasteiger partial charge in [-0.15, -0.1) is 0 Å². The number of fused-ring (bicyclic) bond motifs is 1. The van der Waals surface area contributed by atoms with Gasteiger partial charge in [-0.1, -0.05) is 43.0 Å². The highest BCUT2D eigenvalue weighted by molar-refractivity contribution is 6.30. The van der Waals surface area contributed by atoms with Crippen molar-refractivity contribution in [1.82, 2.24) is 10.3 Å². The smallest absolute Gasteiger partial charge is 0.279 e. The summed E-state index contributed by atoms with van der Waals surface area (Å²) in [5.41, 5.74) is 0.831. The fourth-order valence-electron chi connectivity index (χ4n) is 4.22. The van der Waals surface area contributed by atoms with Gasteiger partial charge in [-0.05, 0) is 42.7 Å². The van der Waals surface area contributed by atoms with Crippen molar-refractivity contribution in [2.45, 2.75) is 38.1 Å². The summed E-state index contributed by atoms with van der Waals surface area (Å²) < 4.78 is 0. The first-order valence-electron chi connectivity index (χ1n) is 10.3. The van der Waals surface area contributed by atoms with E-state index in [0.717, 1.165) is 32.1 Å². The summed E-state index contributed by atoms with van der Waals surface area (Å²) in [7, 11) is 0. The van der Waals surface area contributed by atoms with Crippen LogP contribution in [0.3, 0.4) is 0 Å². The van der Waals surface area contributed by atoms with Gasteiger partial charge in [0.25, 0.3) is 5.69 Å². The van der Waals surface area contributed by atoms with Crippen LogP contribution in [0.5, 0.6) is 5.75 Å². The van der Waals surface area contributed by atoms with E-state index in [1.54, 1.807) is 36.4 Å². The summed E-state index contributed by atoms with van der Waals surface area (Å²) in [5, 5.41) is 26.5. The summed E-state index contributed by atoms with van der Waals surface area (Å²) in [6.07, 6.45) is 6.21. The number of nitrogens with zero attached hydrogens (tertiary/aromatic N) is 2. The molecular formula is C23H22ClN3O4. The zero-order valence-electron chi connectivity index (χ0n) is 16.8. The first kappa shape index (κ1) is 21.1. The van der Waals surface area contributed by atoms with Crippen molar-refractivity contribution in [1.29, 1.82) is 0 Å². The Bertz CT molecular complexity index is 1130. The molecule has 1 amide bonds. The van der Waals surface area contributed by atoms with Gasteiger partial charge in [-0.2, -0.15) is 0 Å². The van der Waals surface area contributed by atoms with Gasteiger partial charge in [-0.3, -0.25) is 19.9 Å². The van der Waals surface area contributed by atoms with Crippen LogP contribution in [0.2, 0.25) is 5.02 Å². The molecule has 1 fully saturated rings. The molecule has 0 radical (unpaired) electrons. The number of amides is 1. The third-order valence-corrected chi connectivity index (χ3v) is 6.10. The molecule has 160 valence electrons. The van der Waals surface area contributed by atoms with Crippen molar-refractivity contribution in [3.05, 3.63) is 74.9 Å². The van der Waals surface area contributed by atoms with Gasteiger partial charge in [0.1, 0.15) is 11.3 Å². The maximum Gasteiger partial charge on any atom is 0.279 e. The van der Waals surface area contributed by atoms with Crippen LogP contribution >= 0.6 is 11.6 Å². The van der Waals surface area contributed by atoms with Gasteiger partial charge in [0.05, 0.1) is 16.4 Å². The summed E-state index contributed by atoms with van der Waals surface area (Å²) in [5.74, 6) is -0.424. The van der Waals surface area contributed by atoms with E-state index in [2.05, 4.69) is 10.3 Å². The van der Waals surface area contributed by atoms with Crippen LogP contribution in [0.1, 0.15) is 49.3 Å². The van der Waals surface area contributed by atoms with E-state index in [1.807, 2.05) is 0 Å². The lowest BCUT2D eigenvalue weighted by molar-refractivity contribution is -0.383. The number of aromatic hydroxyl groups is 1. The largest absolute Gasteiger partial charge is 0.505 e. The number of nitro groups is 1. The van der Waals surface area contributed by atoms with Crippen molar-refractivity contribution in [2.75, 3.05) is 0 Å². The van der Waals surface area contributed by atoms with Crippen LogP contribution in [0.15, 0.2) is 48.7 Å². The predicted molar refractivity (Wildman–Crippen MR) is 118 cm³/mol. The Morgan fingerprint density at radius 1 is 1.19 bits per heavy atom. The molecule has 1 atom stereocenters. The average molecular weight is 440 g/mol. The summed E-state index contributed by atoms with van der Waals surface area (Å²) >= 11 is 6.03. The van der Waals surface area contributed by atoms with E-state index in [-0.39, 0.29) is 39.7 Å². The van der Waals surface area contributed by atoms with E-state index in [4.69, 9.17) is 11.6 Å². The standard InChI is InChI=1S/C23H22ClN3O4/c24-16-10-8-14(9-11-16)20(26-23(29)15-5-2-1-3-6-15)18-13-19(27(30)31)17-7-4-12-25-21(17)22(18)28/h4,7-13,15,20,28H,1-3,5-6H2,(H,26,29)/t20-/m1/s1. The Balaban J connectivity index is 1.83. The molecule has 1 aliphatic rings. The Labute approximate surface area is 184 Å². The van der Waals surface area contributed by atoms with Crippen LogP contribution in [0.4, 0.5) is 5.69 Å². The lowest BCUT2D eigenvalue weighted by Gasteiger charge is -2.26. The molecule has 0 bridgehead atoms. The minimum atomic E-state index is -0.781. The Hall–Kier alpha value is -3.19. The van der Waals surface area contributed by atoms with E-state index in [1.165, 1.54) is 12.3 Å². The monoisotopic (exact) mass is 439 g/mol. The Kier molecular flexibility index (Phi) is 6.04. The van der Waals surface area contributed by atoms with Crippen molar-refractivity contribution in [3.63, 3.8) is 0 Å². The zero-order chi connectivity index (χ0) is 22.0. The molecule has 7 nitrogen and oxygen atoms in total. The number of rotatable bonds is 5. The Morgan fingerprint density at radius 2 is 1.90 bits per heavy atom. The third kappa shape index (κ3) is 4.32. The fourth-order valence-corrected chi connectivity index (χ4v) is 4.35. The van der Waals surface area contributed by atoms with Crippen LogP contribution in [-0.4, -0.2) is 20.9 Å². The maximum absolute atomic E-state index is 13.0. The number of nitrogens with one attached hydrogen (secondary N) is 1. The second-order valence-corrected chi connectivity index (χ2v) is 8.25.